The van der Waals surface area contributed by atoms with Crippen LogP contribution in [-0.4, -0.2) is 49.0 Å². The van der Waals surface area contributed by atoms with Crippen molar-refractivity contribution < 1.29 is 45.8 Å². The highest BCUT2D eigenvalue weighted by molar-refractivity contribution is 7.90. The quantitative estimate of drug-likeness (QED) is 0.122. The number of benzene rings is 3. The van der Waals surface area contributed by atoms with Crippen molar-refractivity contribution in [3.8, 4) is 0 Å². The molecule has 3 unspecified atom stereocenters. The zero-order chi connectivity index (χ0) is 35.3. The number of nitrogens with zero attached hydrogens (tertiary/aromatic N) is 1. The molecule has 0 spiro atoms. The summed E-state index contributed by atoms with van der Waals surface area (Å²) in [6, 6.07) is 15.9. The molecule has 4 rings (SSSR count). The number of primary amides is 1. The summed E-state index contributed by atoms with van der Waals surface area (Å²) in [6.45, 7) is 0. The lowest BCUT2D eigenvalue weighted by molar-refractivity contribution is -0.131. The van der Waals surface area contributed by atoms with E-state index in [4.69, 9.17) is 5.73 Å². The van der Waals surface area contributed by atoms with Gasteiger partial charge in [0.25, 0.3) is 0 Å². The van der Waals surface area contributed by atoms with Gasteiger partial charge < -0.3 is 21.3 Å². The maximum atomic E-state index is 14.2. The van der Waals surface area contributed by atoms with Crippen LogP contribution in [0.2, 0.25) is 0 Å². The molecule has 4 amide bonds. The molecule has 14 nitrogen and oxygen atoms in total. The van der Waals surface area contributed by atoms with Gasteiger partial charge in [-0.2, -0.15) is 8.78 Å². The zero-order valence-corrected chi connectivity index (χ0v) is 26.6. The number of hydrogen-bond donors (Lipinski definition) is 5. The van der Waals surface area contributed by atoms with Crippen LogP contribution in [0.3, 0.4) is 0 Å². The molecule has 0 saturated carbocycles. The summed E-state index contributed by atoms with van der Waals surface area (Å²) < 4.78 is 66.2. The molecule has 1 aliphatic heterocycles. The minimum Gasteiger partial charge on any atom is -0.368 e. The topological polar surface area (TPSA) is 231 Å². The predicted molar refractivity (Wildman–Crippen MR) is 167 cm³/mol. The van der Waals surface area contributed by atoms with Crippen molar-refractivity contribution in [3.05, 3.63) is 112 Å². The Morgan fingerprint density at radius 1 is 0.938 bits per heavy atom. The van der Waals surface area contributed by atoms with E-state index in [9.17, 15) is 50.7 Å². The molecule has 1 aliphatic rings. The number of carbonyl (C=O) groups is 4. The highest BCUT2D eigenvalue weighted by atomic mass is 32.2. The van der Waals surface area contributed by atoms with Crippen LogP contribution in [0, 0.1) is 4.91 Å². The molecule has 48 heavy (non-hydrogen) atoms. The highest BCUT2D eigenvalue weighted by Crippen LogP contribution is 2.63. The second kappa shape index (κ2) is 14.5. The summed E-state index contributed by atoms with van der Waals surface area (Å²) in [7, 11) is -9.58. The normalized spacial score (nSPS) is 18.1. The number of carbonyl (C=O) groups excluding carboxylic acids is 4. The van der Waals surface area contributed by atoms with Gasteiger partial charge in [0.15, 0.2) is 0 Å². The first-order valence-electron chi connectivity index (χ1n) is 14.2. The number of sulfonamides is 1. The Hall–Kier alpha value is -4.86. The van der Waals surface area contributed by atoms with Crippen LogP contribution in [0.15, 0.2) is 83.8 Å². The zero-order valence-electron chi connectivity index (χ0n) is 24.9. The highest BCUT2D eigenvalue weighted by Gasteiger charge is 2.53. The van der Waals surface area contributed by atoms with E-state index in [1.165, 1.54) is 24.3 Å². The van der Waals surface area contributed by atoms with Crippen molar-refractivity contribution in [1.29, 1.82) is 0 Å². The molecule has 1 saturated heterocycles. The summed E-state index contributed by atoms with van der Waals surface area (Å²) in [5, 5.41) is 4.04. The lowest BCUT2D eigenvalue weighted by Crippen LogP contribution is -2.54. The maximum absolute atomic E-state index is 14.2. The average molecular weight is 706 g/mol. The molecule has 0 bridgehead atoms. The standard InChI is InChI=1S/C30H30F2N5O9PS/c31-30(32,47(43,44)37-42)22-12-8-20(9-13-22)16-26(38)34-24(15-18-4-2-1-3-5-18)29(41)35-23(28(33)40)14-19-6-10-21(11-7-19)25-17-27(39)36-48(25,45)46/h1-13,23-25H,14-17H2,(H2,33,40)(H,34,38)(H,35,41)(H,36,39)(H,43,44)/t23-,24?,25?/m0/s1. The van der Waals surface area contributed by atoms with Crippen LogP contribution in [0.25, 0.3) is 0 Å². The first-order valence-corrected chi connectivity index (χ1v) is 17.4. The second-order valence-electron chi connectivity index (χ2n) is 11.0. The Balaban J connectivity index is 1.46. The molecule has 18 heteroatoms. The smallest absolute Gasteiger partial charge is 0.368 e. The monoisotopic (exact) mass is 705 g/mol. The molecule has 0 radical (unpaired) electrons. The number of alkyl halides is 2. The van der Waals surface area contributed by atoms with E-state index in [1.54, 1.807) is 35.3 Å². The van der Waals surface area contributed by atoms with Gasteiger partial charge in [0, 0.05) is 23.4 Å². The molecule has 6 N–H and O–H groups in total. The van der Waals surface area contributed by atoms with E-state index in [-0.39, 0.29) is 24.8 Å². The van der Waals surface area contributed by atoms with Gasteiger partial charge in [-0.25, -0.2) is 8.42 Å². The first kappa shape index (κ1) is 36.0. The van der Waals surface area contributed by atoms with Gasteiger partial charge in [0.05, 0.1) is 12.8 Å². The van der Waals surface area contributed by atoms with Gasteiger partial charge >= 0.3 is 13.2 Å². The number of nitrogens with one attached hydrogen (secondary N) is 3. The molecule has 4 atom stereocenters. The molecule has 1 fully saturated rings. The minimum atomic E-state index is -5.72. The summed E-state index contributed by atoms with van der Waals surface area (Å²) in [6.07, 6.45) is -0.712. The third-order valence-electron chi connectivity index (χ3n) is 7.53. The Labute approximate surface area is 273 Å². The Kier molecular flexibility index (Phi) is 10.9. The van der Waals surface area contributed by atoms with E-state index in [0.717, 1.165) is 24.3 Å². The minimum absolute atomic E-state index is 0.00312. The van der Waals surface area contributed by atoms with Crippen LogP contribution in [-0.2, 0) is 58.7 Å². The number of nitrogens with two attached hydrogens (primary N) is 1. The van der Waals surface area contributed by atoms with E-state index in [0.29, 0.717) is 16.7 Å². The van der Waals surface area contributed by atoms with Crippen molar-refractivity contribution >= 4 is 41.2 Å². The van der Waals surface area contributed by atoms with Crippen LogP contribution < -0.4 is 21.1 Å². The van der Waals surface area contributed by atoms with Gasteiger partial charge in [-0.3, -0.25) is 28.5 Å². The van der Waals surface area contributed by atoms with Crippen molar-refractivity contribution in [2.45, 2.75) is 48.7 Å². The van der Waals surface area contributed by atoms with Crippen LogP contribution in [0.4, 0.5) is 8.78 Å². The predicted octanol–water partition coefficient (Wildman–Crippen LogP) is 2.06. The molecule has 0 aromatic heterocycles. The lowest BCUT2D eigenvalue weighted by atomic mass is 10.0. The SMILES string of the molecule is NC(=O)[C@H](Cc1ccc(C2CC(=O)NS2(=O)=O)cc1)NC(=O)C(Cc1ccccc1)NC(=O)Cc1ccc(C(F)(F)P(=O)(O)N=O)cc1. The van der Waals surface area contributed by atoms with Crippen molar-refractivity contribution in [1.82, 2.24) is 15.4 Å². The lowest BCUT2D eigenvalue weighted by Gasteiger charge is -2.22. The summed E-state index contributed by atoms with van der Waals surface area (Å²) in [5.41, 5.74) is 1.89. The number of nitroso groups, excluding NO2 is 1. The molecular formula is C30H30F2N5O9PS. The van der Waals surface area contributed by atoms with Gasteiger partial charge in [0.1, 0.15) is 17.3 Å². The summed E-state index contributed by atoms with van der Waals surface area (Å²) >= 11 is 0. The van der Waals surface area contributed by atoms with Gasteiger partial charge in [-0.15, -0.1) is 4.91 Å². The molecule has 254 valence electrons. The summed E-state index contributed by atoms with van der Waals surface area (Å²) in [4.78, 5) is 71.7. The fourth-order valence-corrected chi connectivity index (χ4v) is 7.00. The number of hydrogen-bond acceptors (Lipinski definition) is 8. The molecule has 3 aromatic carbocycles. The van der Waals surface area contributed by atoms with E-state index >= 15 is 0 Å². The Bertz CT molecular complexity index is 1860. The largest absolute Gasteiger partial charge is 0.421 e. The van der Waals surface area contributed by atoms with Gasteiger partial charge in [0.2, 0.25) is 33.7 Å². The Morgan fingerprint density at radius 2 is 1.50 bits per heavy atom. The molecule has 0 aliphatic carbocycles. The molecule has 1 heterocycles. The first-order chi connectivity index (χ1) is 22.5. The fourth-order valence-electron chi connectivity index (χ4n) is 4.98. The van der Waals surface area contributed by atoms with Crippen molar-refractivity contribution in [3.63, 3.8) is 0 Å². The van der Waals surface area contributed by atoms with Crippen LogP contribution in [0.5, 0.6) is 0 Å². The van der Waals surface area contributed by atoms with Crippen molar-refractivity contribution in [2.24, 2.45) is 10.7 Å². The third kappa shape index (κ3) is 8.53. The average Bonchev–Trinajstić information content (AvgIpc) is 3.32. The maximum Gasteiger partial charge on any atom is 0.421 e. The number of amides is 4. The van der Waals surface area contributed by atoms with Crippen LogP contribution in [0.1, 0.15) is 39.5 Å². The number of halogens is 2. The van der Waals surface area contributed by atoms with E-state index < -0.39 is 76.2 Å². The van der Waals surface area contributed by atoms with Crippen LogP contribution >= 0.6 is 7.52 Å². The van der Waals surface area contributed by atoms with Gasteiger partial charge in [-0.05, 0) is 22.3 Å². The van der Waals surface area contributed by atoms with Gasteiger partial charge in [-0.1, -0.05) is 78.9 Å². The fraction of sp³-hybridized carbons (Fsp3) is 0.267. The van der Waals surface area contributed by atoms with Crippen molar-refractivity contribution in [2.75, 3.05) is 0 Å². The number of rotatable bonds is 14. The summed E-state index contributed by atoms with van der Waals surface area (Å²) in [5.74, 6) is -2.97. The second-order valence-corrected chi connectivity index (χ2v) is 14.7. The van der Waals surface area contributed by atoms with E-state index in [2.05, 4.69) is 10.6 Å². The molecule has 3 aromatic rings. The Morgan fingerprint density at radius 3 is 2.04 bits per heavy atom. The van der Waals surface area contributed by atoms with E-state index in [1.807, 2.05) is 4.72 Å². The third-order valence-corrected chi connectivity index (χ3v) is 10.4. The molecular weight excluding hydrogens is 675 g/mol.